The van der Waals surface area contributed by atoms with E-state index in [1.807, 2.05) is 6.92 Å². The molecule has 0 fully saturated rings. The highest BCUT2D eigenvalue weighted by Crippen LogP contribution is 2.00. The van der Waals surface area contributed by atoms with Gasteiger partial charge in [-0.1, -0.05) is 0 Å². The summed E-state index contributed by atoms with van der Waals surface area (Å²) < 4.78 is 4.49. The standard InChI is InChI=1S/C8H13N3O2.ClH/c1-5-10-4-6(11-5)3-7(9)8(12)13-2;/h4,7H,3,9H2,1-2H3,(H,10,11);1H. The van der Waals surface area contributed by atoms with Gasteiger partial charge in [-0.15, -0.1) is 12.4 Å². The highest BCUT2D eigenvalue weighted by molar-refractivity contribution is 5.85. The first-order valence-corrected chi connectivity index (χ1v) is 3.97. The Hall–Kier alpha value is -1.07. The van der Waals surface area contributed by atoms with Crippen molar-refractivity contribution in [1.29, 1.82) is 0 Å². The summed E-state index contributed by atoms with van der Waals surface area (Å²) in [6.07, 6.45) is 2.13. The topological polar surface area (TPSA) is 81.0 Å². The molecule has 1 unspecified atom stereocenters. The molecule has 0 amide bonds. The van der Waals surface area contributed by atoms with Gasteiger partial charge in [0.1, 0.15) is 11.9 Å². The molecule has 1 aromatic rings. The van der Waals surface area contributed by atoms with Gasteiger partial charge < -0.3 is 15.5 Å². The van der Waals surface area contributed by atoms with Crippen LogP contribution in [0.15, 0.2) is 6.20 Å². The average Bonchev–Trinajstić information content (AvgIpc) is 2.49. The van der Waals surface area contributed by atoms with E-state index in [4.69, 9.17) is 5.73 Å². The highest BCUT2D eigenvalue weighted by atomic mass is 35.5. The van der Waals surface area contributed by atoms with Gasteiger partial charge in [-0.05, 0) is 6.92 Å². The van der Waals surface area contributed by atoms with Crippen molar-refractivity contribution in [3.63, 3.8) is 0 Å². The molecule has 1 aromatic heterocycles. The quantitative estimate of drug-likeness (QED) is 0.711. The van der Waals surface area contributed by atoms with Crippen molar-refractivity contribution in [2.45, 2.75) is 19.4 Å². The van der Waals surface area contributed by atoms with E-state index in [9.17, 15) is 4.79 Å². The zero-order chi connectivity index (χ0) is 9.84. The van der Waals surface area contributed by atoms with Gasteiger partial charge in [-0.2, -0.15) is 0 Å². The van der Waals surface area contributed by atoms with Crippen molar-refractivity contribution in [1.82, 2.24) is 9.97 Å². The lowest BCUT2D eigenvalue weighted by molar-refractivity contribution is -0.142. The van der Waals surface area contributed by atoms with E-state index >= 15 is 0 Å². The molecule has 0 aliphatic rings. The predicted octanol–water partition coefficient (Wildman–Crippen LogP) is 0.183. The molecular weight excluding hydrogens is 206 g/mol. The molecule has 14 heavy (non-hydrogen) atoms. The van der Waals surface area contributed by atoms with Crippen LogP contribution in [-0.4, -0.2) is 29.1 Å². The first-order chi connectivity index (χ1) is 6.13. The third-order valence-corrected chi connectivity index (χ3v) is 1.69. The van der Waals surface area contributed by atoms with Crippen molar-refractivity contribution in [3.8, 4) is 0 Å². The molecule has 6 heteroatoms. The summed E-state index contributed by atoms with van der Waals surface area (Å²) in [5, 5.41) is 0. The zero-order valence-electron chi connectivity index (χ0n) is 8.11. The maximum Gasteiger partial charge on any atom is 0.323 e. The van der Waals surface area contributed by atoms with E-state index in [1.54, 1.807) is 6.20 Å². The normalized spacial score (nSPS) is 11.6. The number of aryl methyl sites for hydroxylation is 1. The first-order valence-electron chi connectivity index (χ1n) is 3.97. The number of H-pyrrole nitrogens is 1. The van der Waals surface area contributed by atoms with E-state index < -0.39 is 12.0 Å². The number of rotatable bonds is 3. The molecule has 0 saturated carbocycles. The second-order valence-electron chi connectivity index (χ2n) is 2.81. The summed E-state index contributed by atoms with van der Waals surface area (Å²) >= 11 is 0. The van der Waals surface area contributed by atoms with E-state index in [0.717, 1.165) is 11.5 Å². The fraction of sp³-hybridized carbons (Fsp3) is 0.500. The minimum absolute atomic E-state index is 0. The minimum Gasteiger partial charge on any atom is -0.468 e. The average molecular weight is 220 g/mol. The number of nitrogens with one attached hydrogen (secondary N) is 1. The molecule has 1 rings (SSSR count). The maximum atomic E-state index is 10.9. The van der Waals surface area contributed by atoms with Gasteiger partial charge in [0.25, 0.3) is 0 Å². The van der Waals surface area contributed by atoms with Crippen LogP contribution in [0.4, 0.5) is 0 Å². The number of carbonyl (C=O) groups excluding carboxylic acids is 1. The number of nitrogens with two attached hydrogens (primary N) is 1. The number of carbonyl (C=O) groups is 1. The van der Waals surface area contributed by atoms with E-state index in [2.05, 4.69) is 14.7 Å². The van der Waals surface area contributed by atoms with E-state index in [0.29, 0.717) is 6.42 Å². The number of hydrogen-bond donors (Lipinski definition) is 2. The Morgan fingerprint density at radius 2 is 2.43 bits per heavy atom. The number of aromatic amines is 1. The van der Waals surface area contributed by atoms with Crippen LogP contribution in [-0.2, 0) is 16.0 Å². The number of aromatic nitrogens is 2. The van der Waals surface area contributed by atoms with E-state index in [-0.39, 0.29) is 12.4 Å². The molecule has 0 aromatic carbocycles. The molecular formula is C8H14ClN3O2. The number of imidazole rings is 1. The molecule has 0 saturated heterocycles. The summed E-state index contributed by atoms with van der Waals surface area (Å²) in [6.45, 7) is 1.84. The van der Waals surface area contributed by atoms with Gasteiger partial charge in [0.2, 0.25) is 0 Å². The Kier molecular flexibility index (Phi) is 5.19. The van der Waals surface area contributed by atoms with Crippen molar-refractivity contribution in [2.75, 3.05) is 7.11 Å². The molecule has 0 bridgehead atoms. The van der Waals surface area contributed by atoms with Crippen LogP contribution in [0.2, 0.25) is 0 Å². The number of hydrogen-bond acceptors (Lipinski definition) is 4. The summed E-state index contributed by atoms with van der Waals surface area (Å²) in [7, 11) is 1.32. The summed E-state index contributed by atoms with van der Waals surface area (Å²) in [4.78, 5) is 18.0. The first kappa shape index (κ1) is 12.9. The Balaban J connectivity index is 0.00000169. The molecule has 3 N–H and O–H groups in total. The van der Waals surface area contributed by atoms with Crippen LogP contribution >= 0.6 is 12.4 Å². The molecule has 1 atom stereocenters. The van der Waals surface area contributed by atoms with Gasteiger partial charge in [-0.3, -0.25) is 4.79 Å². The van der Waals surface area contributed by atoms with Crippen molar-refractivity contribution < 1.29 is 9.53 Å². The minimum atomic E-state index is -0.632. The van der Waals surface area contributed by atoms with Gasteiger partial charge in [0.15, 0.2) is 0 Å². The lowest BCUT2D eigenvalue weighted by Gasteiger charge is -2.05. The molecule has 0 aliphatic heterocycles. The zero-order valence-corrected chi connectivity index (χ0v) is 8.93. The summed E-state index contributed by atoms with van der Waals surface area (Å²) in [6, 6.07) is -0.632. The Morgan fingerprint density at radius 3 is 2.86 bits per heavy atom. The molecule has 0 radical (unpaired) electrons. The van der Waals surface area contributed by atoms with Crippen LogP contribution in [0.1, 0.15) is 11.5 Å². The van der Waals surface area contributed by atoms with Crippen LogP contribution in [0.5, 0.6) is 0 Å². The number of nitrogens with zero attached hydrogens (tertiary/aromatic N) is 1. The van der Waals surface area contributed by atoms with Gasteiger partial charge in [-0.25, -0.2) is 4.98 Å². The summed E-state index contributed by atoms with van der Waals surface area (Å²) in [5.41, 5.74) is 6.31. The number of esters is 1. The molecule has 80 valence electrons. The summed E-state index contributed by atoms with van der Waals surface area (Å²) in [5.74, 6) is 0.396. The smallest absolute Gasteiger partial charge is 0.323 e. The third-order valence-electron chi connectivity index (χ3n) is 1.69. The van der Waals surface area contributed by atoms with Crippen LogP contribution in [0, 0.1) is 6.92 Å². The molecule has 0 spiro atoms. The van der Waals surface area contributed by atoms with Gasteiger partial charge in [0.05, 0.1) is 12.8 Å². The second kappa shape index (κ2) is 5.62. The van der Waals surface area contributed by atoms with Crippen molar-refractivity contribution >= 4 is 18.4 Å². The van der Waals surface area contributed by atoms with Crippen LogP contribution in [0.25, 0.3) is 0 Å². The molecule has 1 heterocycles. The third kappa shape index (κ3) is 3.35. The van der Waals surface area contributed by atoms with Crippen molar-refractivity contribution in [3.05, 3.63) is 17.7 Å². The highest BCUT2D eigenvalue weighted by Gasteiger charge is 2.15. The SMILES string of the molecule is COC(=O)C(N)Cc1c[nH]c(C)n1.Cl. The largest absolute Gasteiger partial charge is 0.468 e. The number of halogens is 1. The Labute approximate surface area is 88.5 Å². The Bertz CT molecular complexity index is 301. The van der Waals surface area contributed by atoms with Crippen molar-refractivity contribution in [2.24, 2.45) is 5.73 Å². The number of methoxy groups -OCH3 is 1. The van der Waals surface area contributed by atoms with E-state index in [1.165, 1.54) is 7.11 Å². The fourth-order valence-electron chi connectivity index (χ4n) is 1.03. The maximum absolute atomic E-state index is 10.9. The predicted molar refractivity (Wildman–Crippen MR) is 54.3 cm³/mol. The van der Waals surface area contributed by atoms with Gasteiger partial charge >= 0.3 is 5.97 Å². The van der Waals surface area contributed by atoms with Crippen LogP contribution in [0.3, 0.4) is 0 Å². The number of ether oxygens (including phenoxy) is 1. The lowest BCUT2D eigenvalue weighted by atomic mass is 10.2. The lowest BCUT2D eigenvalue weighted by Crippen LogP contribution is -2.33. The second-order valence-corrected chi connectivity index (χ2v) is 2.81. The van der Waals surface area contributed by atoms with Crippen LogP contribution < -0.4 is 5.73 Å². The Morgan fingerprint density at radius 1 is 1.79 bits per heavy atom. The fourth-order valence-corrected chi connectivity index (χ4v) is 1.03. The molecule has 5 nitrogen and oxygen atoms in total. The van der Waals surface area contributed by atoms with Gasteiger partial charge in [0, 0.05) is 12.6 Å². The monoisotopic (exact) mass is 219 g/mol. The molecule has 0 aliphatic carbocycles.